The summed E-state index contributed by atoms with van der Waals surface area (Å²) in [7, 11) is 0. The lowest BCUT2D eigenvalue weighted by molar-refractivity contribution is -0.129. The van der Waals surface area contributed by atoms with Crippen molar-refractivity contribution in [3.63, 3.8) is 0 Å². The predicted molar refractivity (Wildman–Crippen MR) is 188 cm³/mol. The summed E-state index contributed by atoms with van der Waals surface area (Å²) in [6.07, 6.45) is -0.713. The highest BCUT2D eigenvalue weighted by molar-refractivity contribution is 7.80. The topological polar surface area (TPSA) is 84.5 Å². The van der Waals surface area contributed by atoms with Crippen molar-refractivity contribution in [2.75, 3.05) is 12.4 Å². The van der Waals surface area contributed by atoms with Gasteiger partial charge in [-0.2, -0.15) is 12.6 Å². The third-order valence-electron chi connectivity index (χ3n) is 8.88. The molecule has 6 rings (SSSR count). The zero-order valence-corrected chi connectivity index (χ0v) is 26.9. The van der Waals surface area contributed by atoms with Crippen LogP contribution in [0.1, 0.15) is 40.7 Å². The van der Waals surface area contributed by atoms with Crippen LogP contribution in [0.25, 0.3) is 11.1 Å². The number of ketones is 1. The van der Waals surface area contributed by atoms with Crippen LogP contribution in [-0.2, 0) is 19.7 Å². The van der Waals surface area contributed by atoms with Gasteiger partial charge in [0.25, 0.3) is 0 Å². The third-order valence-corrected chi connectivity index (χ3v) is 9.24. The fraction of sp³-hybridized carbons (Fsp3) is 0.175. The quantitative estimate of drug-likeness (QED) is 0.108. The monoisotopic (exact) mass is 640 g/mol. The van der Waals surface area contributed by atoms with Crippen molar-refractivity contribution >= 4 is 30.4 Å². The van der Waals surface area contributed by atoms with Gasteiger partial charge in [-0.15, -0.1) is 0 Å². The van der Waals surface area contributed by atoms with Crippen molar-refractivity contribution in [3.05, 3.63) is 167 Å². The van der Waals surface area contributed by atoms with E-state index in [0.717, 1.165) is 38.9 Å². The van der Waals surface area contributed by atoms with Crippen LogP contribution in [-0.4, -0.2) is 42.2 Å². The van der Waals surface area contributed by atoms with E-state index in [9.17, 15) is 14.4 Å². The Bertz CT molecular complexity index is 1720. The lowest BCUT2D eigenvalue weighted by Crippen LogP contribution is -2.56. The van der Waals surface area contributed by atoms with Crippen LogP contribution in [0.2, 0.25) is 0 Å². The Morgan fingerprint density at radius 2 is 1.09 bits per heavy atom. The largest absolute Gasteiger partial charge is 0.449 e. The van der Waals surface area contributed by atoms with E-state index in [-0.39, 0.29) is 24.1 Å². The molecule has 0 radical (unpaired) electrons. The highest BCUT2D eigenvalue weighted by Crippen LogP contribution is 2.44. The van der Waals surface area contributed by atoms with Gasteiger partial charge in [-0.3, -0.25) is 9.59 Å². The fourth-order valence-electron chi connectivity index (χ4n) is 6.63. The molecule has 2 N–H and O–H groups in total. The van der Waals surface area contributed by atoms with Gasteiger partial charge >= 0.3 is 6.09 Å². The number of fused-ring (bicyclic) bond motifs is 3. The molecule has 7 heteroatoms. The first-order chi connectivity index (χ1) is 22.9. The van der Waals surface area contributed by atoms with Gasteiger partial charge < -0.3 is 15.4 Å². The van der Waals surface area contributed by atoms with Gasteiger partial charge in [-0.1, -0.05) is 140 Å². The molecule has 2 atom stereocenters. The van der Waals surface area contributed by atoms with Crippen molar-refractivity contribution in [2.24, 2.45) is 0 Å². The molecule has 0 aliphatic heterocycles. The fourth-order valence-corrected chi connectivity index (χ4v) is 6.88. The van der Waals surface area contributed by atoms with Gasteiger partial charge in [0.1, 0.15) is 18.1 Å². The van der Waals surface area contributed by atoms with Crippen LogP contribution in [0.15, 0.2) is 140 Å². The molecule has 1 aliphatic carbocycles. The average molecular weight is 641 g/mol. The molecule has 0 saturated carbocycles. The smallest absolute Gasteiger partial charge is 0.407 e. The molecular formula is C40H36N2O4S. The summed E-state index contributed by atoms with van der Waals surface area (Å²) in [5.74, 6) is -0.812. The second-order valence-electron chi connectivity index (χ2n) is 11.6. The Labute approximate surface area is 280 Å². The molecule has 5 aromatic carbocycles. The molecule has 0 bridgehead atoms. The van der Waals surface area contributed by atoms with Crippen LogP contribution >= 0.6 is 12.6 Å². The number of benzene rings is 5. The number of carbonyl (C=O) groups is 3. The number of hydrogen-bond acceptors (Lipinski definition) is 5. The van der Waals surface area contributed by atoms with Gasteiger partial charge in [0, 0.05) is 11.7 Å². The maximum atomic E-state index is 14.9. The van der Waals surface area contributed by atoms with Crippen LogP contribution < -0.4 is 10.6 Å². The molecule has 0 unspecified atom stereocenters. The summed E-state index contributed by atoms with van der Waals surface area (Å²) in [5, 5.41) is 5.52. The van der Waals surface area contributed by atoms with Gasteiger partial charge in [-0.05, 0) is 45.9 Å². The third kappa shape index (κ3) is 6.19. The maximum Gasteiger partial charge on any atom is 0.407 e. The summed E-state index contributed by atoms with van der Waals surface area (Å²) < 4.78 is 5.65. The highest BCUT2D eigenvalue weighted by atomic mass is 32.1. The average Bonchev–Trinajstić information content (AvgIpc) is 3.44. The number of thiol groups is 1. The minimum Gasteiger partial charge on any atom is -0.449 e. The summed E-state index contributed by atoms with van der Waals surface area (Å²) in [6.45, 7) is 1.69. The molecule has 236 valence electrons. The van der Waals surface area contributed by atoms with Crippen molar-refractivity contribution in [1.82, 2.24) is 10.6 Å². The van der Waals surface area contributed by atoms with E-state index in [2.05, 4.69) is 35.4 Å². The number of alkyl carbamates (subject to hydrolysis) is 1. The molecular weight excluding hydrogens is 605 g/mol. The normalized spacial score (nSPS) is 13.5. The zero-order valence-electron chi connectivity index (χ0n) is 26.0. The molecule has 0 spiro atoms. The highest BCUT2D eigenvalue weighted by Gasteiger charge is 2.46. The summed E-state index contributed by atoms with van der Waals surface area (Å²) in [6, 6.07) is 42.9. The summed E-state index contributed by atoms with van der Waals surface area (Å²) >= 11 is 4.52. The van der Waals surface area contributed by atoms with Crippen LogP contribution in [0.4, 0.5) is 4.79 Å². The number of carbonyl (C=O) groups excluding carboxylic acids is 3. The summed E-state index contributed by atoms with van der Waals surface area (Å²) in [4.78, 5) is 41.3. The first kappa shape index (κ1) is 31.8. The molecule has 6 nitrogen and oxygen atoms in total. The molecule has 1 aliphatic rings. The lowest BCUT2D eigenvalue weighted by Gasteiger charge is -2.37. The maximum absolute atomic E-state index is 14.9. The number of ether oxygens (including phenoxy) is 1. The second-order valence-corrected chi connectivity index (χ2v) is 12.0. The van der Waals surface area contributed by atoms with Crippen molar-refractivity contribution < 1.29 is 19.1 Å². The van der Waals surface area contributed by atoms with E-state index in [4.69, 9.17) is 4.74 Å². The first-order valence-corrected chi connectivity index (χ1v) is 16.3. The van der Waals surface area contributed by atoms with E-state index < -0.39 is 29.5 Å². The first-order valence-electron chi connectivity index (χ1n) is 15.7. The van der Waals surface area contributed by atoms with E-state index in [1.165, 1.54) is 0 Å². The van der Waals surface area contributed by atoms with E-state index in [1.54, 1.807) is 6.92 Å². The van der Waals surface area contributed by atoms with E-state index in [0.29, 0.717) is 0 Å². The lowest BCUT2D eigenvalue weighted by atomic mass is 9.65. The van der Waals surface area contributed by atoms with Crippen LogP contribution in [0.5, 0.6) is 0 Å². The standard InChI is InChI=1S/C40H36N2O4S/c1-27(41-39(45)46-25-35-33-23-13-11-21-31(33)32-22-12-14-24-34(32)35)38(44)42-36(26-47)37(43)40(28-15-5-2-6-16-28,29-17-7-3-8-18-29)30-19-9-4-10-20-30/h2-24,27,35-36,47H,25-26H2,1H3,(H,41,45)(H,42,44)/t27-,36-/m0/s1. The van der Waals surface area contributed by atoms with Gasteiger partial charge in [0.05, 0.1) is 6.04 Å². The molecule has 0 heterocycles. The van der Waals surface area contributed by atoms with Crippen molar-refractivity contribution in [2.45, 2.75) is 30.3 Å². The number of Topliss-reactive ketones (excluding diaryl/α,β-unsaturated/α-hetero) is 1. The van der Waals surface area contributed by atoms with Gasteiger partial charge in [-0.25, -0.2) is 4.79 Å². The van der Waals surface area contributed by atoms with Gasteiger partial charge in [0.15, 0.2) is 5.78 Å². The van der Waals surface area contributed by atoms with Crippen molar-refractivity contribution in [3.8, 4) is 11.1 Å². The van der Waals surface area contributed by atoms with Crippen molar-refractivity contribution in [1.29, 1.82) is 0 Å². The number of nitrogens with one attached hydrogen (secondary N) is 2. The van der Waals surface area contributed by atoms with Gasteiger partial charge in [0.2, 0.25) is 5.91 Å². The van der Waals surface area contributed by atoms with Crippen LogP contribution in [0.3, 0.4) is 0 Å². The van der Waals surface area contributed by atoms with E-state index in [1.807, 2.05) is 127 Å². The molecule has 0 saturated heterocycles. The number of amides is 2. The minimum atomic E-state index is -1.23. The Balaban J connectivity index is 1.19. The number of hydrogen-bond donors (Lipinski definition) is 3. The Morgan fingerprint density at radius 1 is 0.660 bits per heavy atom. The SMILES string of the molecule is C[C@H](NC(=O)OCC1c2ccccc2-c2ccccc21)C(=O)N[C@@H](CS)C(=O)C(c1ccccc1)(c1ccccc1)c1ccccc1. The predicted octanol–water partition coefficient (Wildman–Crippen LogP) is 6.93. The molecule has 5 aromatic rings. The Hall–Kier alpha value is -5.14. The second kappa shape index (κ2) is 14.1. The zero-order chi connectivity index (χ0) is 32.8. The Kier molecular flexibility index (Phi) is 9.55. The summed E-state index contributed by atoms with van der Waals surface area (Å²) in [5.41, 5.74) is 5.54. The molecule has 2 amide bonds. The Morgan fingerprint density at radius 3 is 1.53 bits per heavy atom. The minimum absolute atomic E-state index is 0.0521. The molecule has 47 heavy (non-hydrogen) atoms. The molecule has 0 aromatic heterocycles. The van der Waals surface area contributed by atoms with E-state index >= 15 is 0 Å². The van der Waals surface area contributed by atoms with Crippen LogP contribution in [0, 0.1) is 0 Å². The number of rotatable bonds is 11. The molecule has 0 fully saturated rings.